The van der Waals surface area contributed by atoms with Crippen LogP contribution in [0.15, 0.2) is 12.3 Å². The van der Waals surface area contributed by atoms with E-state index in [2.05, 4.69) is 28.3 Å². The number of piperidine rings is 1. The van der Waals surface area contributed by atoms with Crippen molar-refractivity contribution in [3.05, 3.63) is 23.8 Å². The van der Waals surface area contributed by atoms with E-state index in [4.69, 9.17) is 0 Å². The summed E-state index contributed by atoms with van der Waals surface area (Å²) in [5.74, 6) is 1.62. The molecule has 0 amide bonds. The highest BCUT2D eigenvalue weighted by Crippen LogP contribution is 2.22. The van der Waals surface area contributed by atoms with Gasteiger partial charge in [0.25, 0.3) is 0 Å². The van der Waals surface area contributed by atoms with Crippen molar-refractivity contribution in [1.29, 1.82) is 0 Å². The highest BCUT2D eigenvalue weighted by Gasteiger charge is 2.16. The minimum Gasteiger partial charge on any atom is -0.317 e. The third-order valence-corrected chi connectivity index (χ3v) is 2.80. The van der Waals surface area contributed by atoms with E-state index in [1.54, 1.807) is 0 Å². The van der Waals surface area contributed by atoms with Gasteiger partial charge in [0.15, 0.2) is 0 Å². The lowest BCUT2D eigenvalue weighted by atomic mass is 9.94. The molecule has 3 nitrogen and oxygen atoms in total. The molecule has 2 rings (SSSR count). The zero-order chi connectivity index (χ0) is 9.80. The lowest BCUT2D eigenvalue weighted by molar-refractivity contribution is 0.451. The number of aryl methyl sites for hydroxylation is 1. The fraction of sp³-hybridized carbons (Fsp3) is 0.636. The molecule has 76 valence electrons. The minimum absolute atomic E-state index is 0.643. The Hall–Kier alpha value is -0.960. The van der Waals surface area contributed by atoms with E-state index in [0.29, 0.717) is 5.92 Å². The number of rotatable bonds is 2. The summed E-state index contributed by atoms with van der Waals surface area (Å²) in [7, 11) is 0. The van der Waals surface area contributed by atoms with Crippen molar-refractivity contribution < 1.29 is 0 Å². The van der Waals surface area contributed by atoms with E-state index in [0.717, 1.165) is 25.3 Å². The van der Waals surface area contributed by atoms with E-state index in [1.807, 2.05) is 6.20 Å². The van der Waals surface area contributed by atoms with Gasteiger partial charge in [0.1, 0.15) is 5.82 Å². The van der Waals surface area contributed by atoms with Crippen molar-refractivity contribution in [2.75, 3.05) is 13.1 Å². The van der Waals surface area contributed by atoms with Crippen molar-refractivity contribution in [2.24, 2.45) is 0 Å². The van der Waals surface area contributed by atoms with Gasteiger partial charge in [0, 0.05) is 24.2 Å². The molecule has 1 aliphatic rings. The molecule has 2 heterocycles. The second kappa shape index (κ2) is 4.51. The Bertz CT molecular complexity index is 292. The fourth-order valence-electron chi connectivity index (χ4n) is 1.93. The van der Waals surface area contributed by atoms with E-state index in [1.165, 1.54) is 18.5 Å². The molecule has 0 unspecified atom stereocenters. The van der Waals surface area contributed by atoms with Gasteiger partial charge in [-0.1, -0.05) is 6.92 Å². The SMILES string of the molecule is CCc1nccc(C2CCNCC2)n1. The van der Waals surface area contributed by atoms with Crippen LogP contribution < -0.4 is 5.32 Å². The van der Waals surface area contributed by atoms with Gasteiger partial charge in [-0.25, -0.2) is 9.97 Å². The molecule has 1 saturated heterocycles. The topological polar surface area (TPSA) is 37.8 Å². The lowest BCUT2D eigenvalue weighted by Crippen LogP contribution is -2.27. The van der Waals surface area contributed by atoms with Crippen molar-refractivity contribution in [3.8, 4) is 0 Å². The summed E-state index contributed by atoms with van der Waals surface area (Å²) in [6, 6.07) is 2.06. The summed E-state index contributed by atoms with van der Waals surface area (Å²) in [6.45, 7) is 4.34. The van der Waals surface area contributed by atoms with Crippen LogP contribution in [0.25, 0.3) is 0 Å². The van der Waals surface area contributed by atoms with Gasteiger partial charge in [0.05, 0.1) is 0 Å². The molecule has 3 heteroatoms. The van der Waals surface area contributed by atoms with Gasteiger partial charge < -0.3 is 5.32 Å². The summed E-state index contributed by atoms with van der Waals surface area (Å²) < 4.78 is 0. The first-order chi connectivity index (χ1) is 6.90. The van der Waals surface area contributed by atoms with Crippen LogP contribution in [0.4, 0.5) is 0 Å². The van der Waals surface area contributed by atoms with E-state index >= 15 is 0 Å². The van der Waals surface area contributed by atoms with Crippen molar-refractivity contribution in [2.45, 2.75) is 32.1 Å². The zero-order valence-electron chi connectivity index (χ0n) is 8.66. The van der Waals surface area contributed by atoms with Gasteiger partial charge in [0.2, 0.25) is 0 Å². The highest BCUT2D eigenvalue weighted by molar-refractivity contribution is 5.09. The van der Waals surface area contributed by atoms with Gasteiger partial charge in [-0.05, 0) is 32.0 Å². The predicted octanol–water partition coefficient (Wildman–Crippen LogP) is 1.51. The second-order valence-corrected chi connectivity index (χ2v) is 3.78. The first-order valence-corrected chi connectivity index (χ1v) is 5.42. The summed E-state index contributed by atoms with van der Waals surface area (Å²) in [4.78, 5) is 8.80. The first kappa shape index (κ1) is 9.59. The second-order valence-electron chi connectivity index (χ2n) is 3.78. The normalized spacial score (nSPS) is 18.4. The molecule has 1 aromatic rings. The largest absolute Gasteiger partial charge is 0.317 e. The molecule has 0 saturated carbocycles. The van der Waals surface area contributed by atoms with Crippen LogP contribution in [0.1, 0.15) is 37.2 Å². The number of hydrogen-bond donors (Lipinski definition) is 1. The Morgan fingerprint density at radius 2 is 2.21 bits per heavy atom. The Morgan fingerprint density at radius 3 is 2.93 bits per heavy atom. The molecule has 14 heavy (non-hydrogen) atoms. The molecule has 0 aromatic carbocycles. The number of aromatic nitrogens is 2. The maximum atomic E-state index is 4.58. The maximum Gasteiger partial charge on any atom is 0.128 e. The van der Waals surface area contributed by atoms with E-state index in [-0.39, 0.29) is 0 Å². The number of hydrogen-bond acceptors (Lipinski definition) is 3. The summed E-state index contributed by atoms with van der Waals surface area (Å²) in [5, 5.41) is 3.37. The van der Waals surface area contributed by atoms with Crippen LogP contribution in [0, 0.1) is 0 Å². The number of nitrogens with one attached hydrogen (secondary N) is 1. The Kier molecular flexibility index (Phi) is 3.09. The molecule has 1 aromatic heterocycles. The van der Waals surface area contributed by atoms with Gasteiger partial charge >= 0.3 is 0 Å². The van der Waals surface area contributed by atoms with Crippen molar-refractivity contribution in [3.63, 3.8) is 0 Å². The monoisotopic (exact) mass is 191 g/mol. The molecule has 1 aliphatic heterocycles. The Balaban J connectivity index is 2.13. The standard InChI is InChI=1S/C11H17N3/c1-2-11-13-8-5-10(14-11)9-3-6-12-7-4-9/h5,8-9,12H,2-4,6-7H2,1H3. The van der Waals surface area contributed by atoms with Gasteiger partial charge in [-0.2, -0.15) is 0 Å². The van der Waals surface area contributed by atoms with Crippen LogP contribution in [-0.2, 0) is 6.42 Å². The molecule has 1 N–H and O–H groups in total. The van der Waals surface area contributed by atoms with Crippen LogP contribution in [0.5, 0.6) is 0 Å². The molecule has 0 bridgehead atoms. The summed E-state index contributed by atoms with van der Waals surface area (Å²) in [6.07, 6.45) is 5.24. The lowest BCUT2D eigenvalue weighted by Gasteiger charge is -2.22. The average molecular weight is 191 g/mol. The minimum atomic E-state index is 0.643. The quantitative estimate of drug-likeness (QED) is 0.770. The molecular weight excluding hydrogens is 174 g/mol. The smallest absolute Gasteiger partial charge is 0.128 e. The summed E-state index contributed by atoms with van der Waals surface area (Å²) >= 11 is 0. The van der Waals surface area contributed by atoms with Crippen molar-refractivity contribution in [1.82, 2.24) is 15.3 Å². The average Bonchev–Trinajstić information content (AvgIpc) is 2.30. The Morgan fingerprint density at radius 1 is 1.43 bits per heavy atom. The van der Waals surface area contributed by atoms with Crippen LogP contribution in [0.3, 0.4) is 0 Å². The molecule has 0 atom stereocenters. The molecule has 0 aliphatic carbocycles. The van der Waals surface area contributed by atoms with Crippen LogP contribution in [0.2, 0.25) is 0 Å². The zero-order valence-corrected chi connectivity index (χ0v) is 8.66. The van der Waals surface area contributed by atoms with Crippen LogP contribution in [-0.4, -0.2) is 23.1 Å². The first-order valence-electron chi connectivity index (χ1n) is 5.42. The molecule has 0 radical (unpaired) electrons. The molecular formula is C11H17N3. The Labute approximate surface area is 85.0 Å². The van der Waals surface area contributed by atoms with E-state index in [9.17, 15) is 0 Å². The van der Waals surface area contributed by atoms with Gasteiger partial charge in [-0.15, -0.1) is 0 Å². The number of nitrogens with zero attached hydrogens (tertiary/aromatic N) is 2. The molecule has 1 fully saturated rings. The highest BCUT2D eigenvalue weighted by atomic mass is 14.9. The third-order valence-electron chi connectivity index (χ3n) is 2.80. The molecule has 0 spiro atoms. The summed E-state index contributed by atoms with van der Waals surface area (Å²) in [5.41, 5.74) is 1.23. The van der Waals surface area contributed by atoms with Crippen LogP contribution >= 0.6 is 0 Å². The van der Waals surface area contributed by atoms with E-state index < -0.39 is 0 Å². The van der Waals surface area contributed by atoms with Crippen molar-refractivity contribution >= 4 is 0 Å². The predicted molar refractivity (Wildman–Crippen MR) is 56.3 cm³/mol. The third kappa shape index (κ3) is 2.10. The maximum absolute atomic E-state index is 4.58. The fourth-order valence-corrected chi connectivity index (χ4v) is 1.93. The van der Waals surface area contributed by atoms with Gasteiger partial charge in [-0.3, -0.25) is 0 Å².